The van der Waals surface area contributed by atoms with Crippen molar-refractivity contribution in [1.29, 1.82) is 0 Å². The third-order valence-corrected chi connectivity index (χ3v) is 4.22. The van der Waals surface area contributed by atoms with Gasteiger partial charge in [-0.2, -0.15) is 11.8 Å². The highest BCUT2D eigenvalue weighted by Crippen LogP contribution is 2.21. The maximum absolute atomic E-state index is 5.97. The predicted molar refractivity (Wildman–Crippen MR) is 79.9 cm³/mol. The van der Waals surface area contributed by atoms with E-state index in [4.69, 9.17) is 5.73 Å². The van der Waals surface area contributed by atoms with Crippen molar-refractivity contribution < 1.29 is 0 Å². The second kappa shape index (κ2) is 7.81. The fourth-order valence-electron chi connectivity index (χ4n) is 2.17. The van der Waals surface area contributed by atoms with Crippen molar-refractivity contribution in [3.05, 3.63) is 18.2 Å². The smallest absolute Gasteiger partial charge is 0.0948 e. The van der Waals surface area contributed by atoms with E-state index in [1.54, 1.807) is 0 Å². The number of aryl methyl sites for hydroxylation is 1. The molecular formula is C13H26N4S. The largest absolute Gasteiger partial charge is 0.333 e. The second-order valence-electron chi connectivity index (χ2n) is 4.65. The van der Waals surface area contributed by atoms with Crippen LogP contribution in [0.3, 0.4) is 0 Å². The van der Waals surface area contributed by atoms with Crippen molar-refractivity contribution in [1.82, 2.24) is 14.5 Å². The molecule has 0 saturated heterocycles. The SMILES string of the molecule is CCn1cncc1C(CN)N(C)C(C)CCSC. The van der Waals surface area contributed by atoms with Crippen LogP contribution in [-0.4, -0.2) is 46.1 Å². The molecule has 1 aromatic rings. The molecule has 2 N–H and O–H groups in total. The van der Waals surface area contributed by atoms with Crippen molar-refractivity contribution in [2.24, 2.45) is 5.73 Å². The zero-order valence-electron chi connectivity index (χ0n) is 12.0. The summed E-state index contributed by atoms with van der Waals surface area (Å²) in [5.41, 5.74) is 7.19. The van der Waals surface area contributed by atoms with Gasteiger partial charge in [0.25, 0.3) is 0 Å². The van der Waals surface area contributed by atoms with Gasteiger partial charge in [0, 0.05) is 25.3 Å². The third-order valence-electron chi connectivity index (χ3n) is 3.58. The fourth-order valence-corrected chi connectivity index (χ4v) is 2.74. The van der Waals surface area contributed by atoms with Gasteiger partial charge in [-0.3, -0.25) is 4.90 Å². The summed E-state index contributed by atoms with van der Waals surface area (Å²) in [6.07, 6.45) is 7.17. The minimum Gasteiger partial charge on any atom is -0.333 e. The lowest BCUT2D eigenvalue weighted by atomic mass is 10.1. The number of aromatic nitrogens is 2. The topological polar surface area (TPSA) is 47.1 Å². The molecule has 2 unspecified atom stereocenters. The Balaban J connectivity index is 2.76. The summed E-state index contributed by atoms with van der Waals surface area (Å²) in [4.78, 5) is 6.62. The van der Waals surface area contributed by atoms with E-state index in [1.165, 1.54) is 17.9 Å². The van der Waals surface area contributed by atoms with Gasteiger partial charge >= 0.3 is 0 Å². The summed E-state index contributed by atoms with van der Waals surface area (Å²) >= 11 is 1.90. The molecule has 0 aliphatic heterocycles. The van der Waals surface area contributed by atoms with Gasteiger partial charge in [-0.05, 0) is 39.3 Å². The van der Waals surface area contributed by atoms with Crippen LogP contribution in [0.1, 0.15) is 32.0 Å². The molecule has 1 heterocycles. The first-order chi connectivity index (χ1) is 8.65. The van der Waals surface area contributed by atoms with Crippen LogP contribution in [0.25, 0.3) is 0 Å². The molecule has 0 fully saturated rings. The molecule has 0 spiro atoms. The van der Waals surface area contributed by atoms with E-state index in [2.05, 4.69) is 41.6 Å². The van der Waals surface area contributed by atoms with Gasteiger partial charge in [-0.15, -0.1) is 0 Å². The molecule has 104 valence electrons. The Bertz CT molecular complexity index is 339. The average molecular weight is 270 g/mol. The van der Waals surface area contributed by atoms with Gasteiger partial charge in [-0.25, -0.2) is 4.98 Å². The van der Waals surface area contributed by atoms with Crippen molar-refractivity contribution in [2.75, 3.05) is 25.6 Å². The lowest BCUT2D eigenvalue weighted by molar-refractivity contribution is 0.179. The van der Waals surface area contributed by atoms with E-state index in [-0.39, 0.29) is 6.04 Å². The third kappa shape index (κ3) is 3.73. The Morgan fingerprint density at radius 1 is 1.56 bits per heavy atom. The number of hydrogen-bond donors (Lipinski definition) is 1. The summed E-state index contributed by atoms with van der Waals surface area (Å²) in [6.45, 7) is 5.98. The fraction of sp³-hybridized carbons (Fsp3) is 0.769. The maximum atomic E-state index is 5.97. The van der Waals surface area contributed by atoms with Crippen LogP contribution in [0, 0.1) is 0 Å². The van der Waals surface area contributed by atoms with Crippen molar-refractivity contribution in [3.8, 4) is 0 Å². The first-order valence-corrected chi connectivity index (χ1v) is 7.96. The van der Waals surface area contributed by atoms with Gasteiger partial charge in [0.2, 0.25) is 0 Å². The Morgan fingerprint density at radius 2 is 2.28 bits per heavy atom. The molecule has 0 bridgehead atoms. The van der Waals surface area contributed by atoms with Crippen LogP contribution in [0.2, 0.25) is 0 Å². The van der Waals surface area contributed by atoms with Gasteiger partial charge in [0.05, 0.1) is 18.1 Å². The Hall–Kier alpha value is -0.520. The van der Waals surface area contributed by atoms with E-state index in [9.17, 15) is 0 Å². The maximum Gasteiger partial charge on any atom is 0.0948 e. The monoisotopic (exact) mass is 270 g/mol. The average Bonchev–Trinajstić information content (AvgIpc) is 2.84. The first kappa shape index (κ1) is 15.5. The molecule has 1 aromatic heterocycles. The first-order valence-electron chi connectivity index (χ1n) is 6.56. The number of nitrogens with two attached hydrogens (primary N) is 1. The number of rotatable bonds is 8. The van der Waals surface area contributed by atoms with Crippen LogP contribution in [-0.2, 0) is 6.54 Å². The Morgan fingerprint density at radius 3 is 2.83 bits per heavy atom. The number of imidazole rings is 1. The zero-order valence-corrected chi connectivity index (χ0v) is 12.8. The quantitative estimate of drug-likeness (QED) is 0.784. The van der Waals surface area contributed by atoms with Crippen molar-refractivity contribution in [2.45, 2.75) is 38.9 Å². The minimum absolute atomic E-state index is 0.254. The van der Waals surface area contributed by atoms with Crippen LogP contribution in [0.15, 0.2) is 12.5 Å². The van der Waals surface area contributed by atoms with Crippen molar-refractivity contribution in [3.63, 3.8) is 0 Å². The highest BCUT2D eigenvalue weighted by molar-refractivity contribution is 7.98. The second-order valence-corrected chi connectivity index (χ2v) is 5.64. The van der Waals surface area contributed by atoms with Gasteiger partial charge in [0.15, 0.2) is 0 Å². The Kier molecular flexibility index (Phi) is 6.75. The normalized spacial score (nSPS) is 15.0. The van der Waals surface area contributed by atoms with Crippen LogP contribution < -0.4 is 5.73 Å². The van der Waals surface area contributed by atoms with Gasteiger partial charge in [-0.1, -0.05) is 0 Å². The summed E-state index contributed by atoms with van der Waals surface area (Å²) < 4.78 is 2.18. The van der Waals surface area contributed by atoms with E-state index >= 15 is 0 Å². The molecule has 0 aromatic carbocycles. The summed E-state index contributed by atoms with van der Waals surface area (Å²) in [6, 6.07) is 0.788. The molecule has 0 aliphatic rings. The number of nitrogens with zero attached hydrogens (tertiary/aromatic N) is 3. The molecule has 0 saturated carbocycles. The van der Waals surface area contributed by atoms with Gasteiger partial charge < -0.3 is 10.3 Å². The van der Waals surface area contributed by atoms with E-state index in [0.717, 1.165) is 6.54 Å². The molecular weight excluding hydrogens is 244 g/mol. The lowest BCUT2D eigenvalue weighted by Crippen LogP contribution is -2.38. The number of hydrogen-bond acceptors (Lipinski definition) is 4. The molecule has 2 atom stereocenters. The lowest BCUT2D eigenvalue weighted by Gasteiger charge is -2.32. The highest BCUT2D eigenvalue weighted by Gasteiger charge is 2.22. The van der Waals surface area contributed by atoms with Gasteiger partial charge in [0.1, 0.15) is 0 Å². The summed E-state index contributed by atoms with van der Waals surface area (Å²) in [5, 5.41) is 0. The predicted octanol–water partition coefficient (Wildman–Crippen LogP) is 1.98. The van der Waals surface area contributed by atoms with Crippen LogP contribution in [0.5, 0.6) is 0 Å². The van der Waals surface area contributed by atoms with Crippen molar-refractivity contribution >= 4 is 11.8 Å². The Labute approximate surface area is 115 Å². The van der Waals surface area contributed by atoms with E-state index in [1.807, 2.05) is 24.3 Å². The molecule has 0 radical (unpaired) electrons. The standard InChI is InChI=1S/C13H26N4S/c1-5-17-10-15-9-13(17)12(8-14)16(3)11(2)6-7-18-4/h9-12H,5-8,14H2,1-4H3. The highest BCUT2D eigenvalue weighted by atomic mass is 32.2. The molecule has 0 amide bonds. The molecule has 5 heteroatoms. The zero-order chi connectivity index (χ0) is 13.5. The summed E-state index contributed by atoms with van der Waals surface area (Å²) in [5.74, 6) is 1.19. The van der Waals surface area contributed by atoms with Crippen LogP contribution in [0.4, 0.5) is 0 Å². The minimum atomic E-state index is 0.254. The molecule has 18 heavy (non-hydrogen) atoms. The van der Waals surface area contributed by atoms with E-state index in [0.29, 0.717) is 12.6 Å². The number of thioether (sulfide) groups is 1. The molecule has 4 nitrogen and oxygen atoms in total. The van der Waals surface area contributed by atoms with E-state index < -0.39 is 0 Å². The molecule has 0 aliphatic carbocycles. The summed E-state index contributed by atoms with van der Waals surface area (Å²) in [7, 11) is 2.16. The molecule has 1 rings (SSSR count). The van der Waals surface area contributed by atoms with Crippen LogP contribution >= 0.6 is 11.8 Å². The number of likely N-dealkylation sites (N-methyl/N-ethyl adjacent to an activating group) is 1.